The highest BCUT2D eigenvalue weighted by atomic mass is 16.6. The topological polar surface area (TPSA) is 39.7 Å². The summed E-state index contributed by atoms with van der Waals surface area (Å²) in [6.45, 7) is 4.82. The van der Waals surface area contributed by atoms with E-state index >= 15 is 0 Å². The van der Waals surface area contributed by atoms with Gasteiger partial charge in [-0.3, -0.25) is 0 Å². The van der Waals surface area contributed by atoms with E-state index < -0.39 is 0 Å². The van der Waals surface area contributed by atoms with Crippen molar-refractivity contribution in [1.82, 2.24) is 5.32 Å². The molecule has 12 heavy (non-hydrogen) atoms. The lowest BCUT2D eigenvalue weighted by Gasteiger charge is -2.25. The standard InChI is InChI=1S/C8H17NO3/c1-10-4-2-9-3-5-12-8-6-11-7-8/h8-9H,2-7H2,1H3. The fourth-order valence-electron chi connectivity index (χ4n) is 0.907. The van der Waals surface area contributed by atoms with E-state index in [-0.39, 0.29) is 0 Å². The second-order valence-corrected chi connectivity index (χ2v) is 2.77. The lowest BCUT2D eigenvalue weighted by Crippen LogP contribution is -2.38. The predicted molar refractivity (Wildman–Crippen MR) is 45.3 cm³/mol. The Morgan fingerprint density at radius 1 is 1.33 bits per heavy atom. The summed E-state index contributed by atoms with van der Waals surface area (Å²) in [5, 5.41) is 3.20. The van der Waals surface area contributed by atoms with Crippen molar-refractivity contribution in [3.8, 4) is 0 Å². The van der Waals surface area contributed by atoms with Gasteiger partial charge >= 0.3 is 0 Å². The average Bonchev–Trinajstić information content (AvgIpc) is 2.00. The molecule has 4 nitrogen and oxygen atoms in total. The van der Waals surface area contributed by atoms with Crippen molar-refractivity contribution in [3.63, 3.8) is 0 Å². The van der Waals surface area contributed by atoms with E-state index in [1.165, 1.54) is 0 Å². The molecule has 72 valence electrons. The first-order chi connectivity index (χ1) is 5.93. The third kappa shape index (κ3) is 4.01. The third-order valence-corrected chi connectivity index (χ3v) is 1.72. The lowest BCUT2D eigenvalue weighted by atomic mass is 10.3. The molecule has 0 bridgehead atoms. The summed E-state index contributed by atoms with van der Waals surface area (Å²) in [5.41, 5.74) is 0. The van der Waals surface area contributed by atoms with E-state index in [2.05, 4.69) is 5.32 Å². The zero-order valence-corrected chi connectivity index (χ0v) is 7.54. The molecule has 1 rings (SSSR count). The van der Waals surface area contributed by atoms with E-state index in [4.69, 9.17) is 14.2 Å². The van der Waals surface area contributed by atoms with Gasteiger partial charge in [-0.2, -0.15) is 0 Å². The fourth-order valence-corrected chi connectivity index (χ4v) is 0.907. The van der Waals surface area contributed by atoms with Gasteiger partial charge in [-0.05, 0) is 0 Å². The van der Waals surface area contributed by atoms with Gasteiger partial charge in [0.2, 0.25) is 0 Å². The molecule has 1 saturated heterocycles. The van der Waals surface area contributed by atoms with Gasteiger partial charge in [0.15, 0.2) is 0 Å². The van der Waals surface area contributed by atoms with Gasteiger partial charge in [0, 0.05) is 20.2 Å². The molecule has 0 radical (unpaired) electrons. The molecule has 0 aromatic heterocycles. The van der Waals surface area contributed by atoms with Gasteiger partial charge in [0.25, 0.3) is 0 Å². The first-order valence-corrected chi connectivity index (χ1v) is 4.32. The molecule has 0 aromatic rings. The molecular formula is C8H17NO3. The van der Waals surface area contributed by atoms with E-state index in [1.54, 1.807) is 7.11 Å². The Kier molecular flexibility index (Phi) is 5.27. The van der Waals surface area contributed by atoms with Crippen molar-refractivity contribution >= 4 is 0 Å². The van der Waals surface area contributed by atoms with E-state index in [0.29, 0.717) is 6.10 Å². The third-order valence-electron chi connectivity index (χ3n) is 1.72. The molecule has 0 aromatic carbocycles. The van der Waals surface area contributed by atoms with Gasteiger partial charge in [-0.1, -0.05) is 0 Å². The summed E-state index contributed by atoms with van der Waals surface area (Å²) in [6, 6.07) is 0. The molecule has 4 heteroatoms. The minimum Gasteiger partial charge on any atom is -0.383 e. The van der Waals surface area contributed by atoms with Crippen LogP contribution in [0.2, 0.25) is 0 Å². The largest absolute Gasteiger partial charge is 0.383 e. The molecule has 1 aliphatic rings. The van der Waals surface area contributed by atoms with Crippen LogP contribution >= 0.6 is 0 Å². The van der Waals surface area contributed by atoms with Crippen LogP contribution in [-0.4, -0.2) is 52.7 Å². The Morgan fingerprint density at radius 2 is 2.08 bits per heavy atom. The van der Waals surface area contributed by atoms with Gasteiger partial charge in [0.1, 0.15) is 6.10 Å². The van der Waals surface area contributed by atoms with Crippen LogP contribution in [0.5, 0.6) is 0 Å². The quantitative estimate of drug-likeness (QED) is 0.536. The van der Waals surface area contributed by atoms with Crippen molar-refractivity contribution in [2.45, 2.75) is 6.10 Å². The molecule has 1 fully saturated rings. The summed E-state index contributed by atoms with van der Waals surface area (Å²) in [7, 11) is 1.70. The van der Waals surface area contributed by atoms with Crippen molar-refractivity contribution < 1.29 is 14.2 Å². The highest BCUT2D eigenvalue weighted by molar-refractivity contribution is 4.64. The monoisotopic (exact) mass is 175 g/mol. The van der Waals surface area contributed by atoms with Crippen LogP contribution in [0.15, 0.2) is 0 Å². The van der Waals surface area contributed by atoms with Gasteiger partial charge in [-0.25, -0.2) is 0 Å². The van der Waals surface area contributed by atoms with Crippen LogP contribution in [0.3, 0.4) is 0 Å². The normalized spacial score (nSPS) is 17.8. The highest BCUT2D eigenvalue weighted by Gasteiger charge is 2.17. The van der Waals surface area contributed by atoms with Crippen LogP contribution < -0.4 is 5.32 Å². The summed E-state index contributed by atoms with van der Waals surface area (Å²) in [5.74, 6) is 0. The molecule has 0 aliphatic carbocycles. The average molecular weight is 175 g/mol. The Labute approximate surface area is 73.2 Å². The first kappa shape index (κ1) is 9.92. The van der Waals surface area contributed by atoms with Gasteiger partial charge < -0.3 is 19.5 Å². The van der Waals surface area contributed by atoms with Crippen LogP contribution in [0, 0.1) is 0 Å². The van der Waals surface area contributed by atoms with Crippen molar-refractivity contribution in [2.24, 2.45) is 0 Å². The Hall–Kier alpha value is -0.160. The van der Waals surface area contributed by atoms with Gasteiger partial charge in [-0.15, -0.1) is 0 Å². The second kappa shape index (κ2) is 6.37. The minimum atomic E-state index is 0.342. The lowest BCUT2D eigenvalue weighted by molar-refractivity contribution is -0.128. The first-order valence-electron chi connectivity index (χ1n) is 4.32. The number of nitrogens with one attached hydrogen (secondary N) is 1. The SMILES string of the molecule is COCCNCCOC1COC1. The molecule has 1 N–H and O–H groups in total. The molecule has 1 heterocycles. The number of hydrogen-bond donors (Lipinski definition) is 1. The number of rotatable bonds is 7. The molecular weight excluding hydrogens is 158 g/mol. The number of hydrogen-bond acceptors (Lipinski definition) is 4. The molecule has 0 unspecified atom stereocenters. The van der Waals surface area contributed by atoms with Crippen LogP contribution in [-0.2, 0) is 14.2 Å². The predicted octanol–water partition coefficient (Wildman–Crippen LogP) is -0.362. The maximum Gasteiger partial charge on any atom is 0.104 e. The smallest absolute Gasteiger partial charge is 0.104 e. The zero-order chi connectivity index (χ0) is 8.65. The Morgan fingerprint density at radius 3 is 2.67 bits per heavy atom. The minimum absolute atomic E-state index is 0.342. The van der Waals surface area contributed by atoms with E-state index in [0.717, 1.165) is 39.5 Å². The molecule has 0 saturated carbocycles. The van der Waals surface area contributed by atoms with E-state index in [1.807, 2.05) is 0 Å². The maximum absolute atomic E-state index is 5.43. The molecule has 0 atom stereocenters. The highest BCUT2D eigenvalue weighted by Crippen LogP contribution is 2.03. The van der Waals surface area contributed by atoms with Crippen LogP contribution in [0.4, 0.5) is 0 Å². The molecule has 0 spiro atoms. The fraction of sp³-hybridized carbons (Fsp3) is 1.00. The molecule has 0 amide bonds. The zero-order valence-electron chi connectivity index (χ0n) is 7.54. The van der Waals surface area contributed by atoms with Crippen molar-refractivity contribution in [1.29, 1.82) is 0 Å². The Bertz CT molecular complexity index is 106. The number of methoxy groups -OCH3 is 1. The van der Waals surface area contributed by atoms with Crippen LogP contribution in [0.1, 0.15) is 0 Å². The van der Waals surface area contributed by atoms with E-state index in [9.17, 15) is 0 Å². The van der Waals surface area contributed by atoms with Crippen LogP contribution in [0.25, 0.3) is 0 Å². The molecule has 1 aliphatic heterocycles. The van der Waals surface area contributed by atoms with Crippen molar-refractivity contribution in [2.75, 3.05) is 46.6 Å². The number of ether oxygens (including phenoxy) is 3. The second-order valence-electron chi connectivity index (χ2n) is 2.77. The summed E-state index contributed by atoms with van der Waals surface area (Å²) < 4.78 is 15.3. The summed E-state index contributed by atoms with van der Waals surface area (Å²) in [4.78, 5) is 0. The van der Waals surface area contributed by atoms with Gasteiger partial charge in [0.05, 0.1) is 26.4 Å². The van der Waals surface area contributed by atoms with Crippen molar-refractivity contribution in [3.05, 3.63) is 0 Å². The summed E-state index contributed by atoms with van der Waals surface area (Å²) >= 11 is 0. The maximum atomic E-state index is 5.43. The Balaban J connectivity index is 1.70. The summed E-state index contributed by atoms with van der Waals surface area (Å²) in [6.07, 6.45) is 0.342.